The molecule has 8 nitrogen and oxygen atoms in total. The summed E-state index contributed by atoms with van der Waals surface area (Å²) in [5.74, 6) is 2.57. The summed E-state index contributed by atoms with van der Waals surface area (Å²) < 4.78 is 17.3. The number of hydrogen-bond acceptors (Lipinski definition) is 8. The van der Waals surface area contributed by atoms with Crippen LogP contribution < -0.4 is 4.74 Å². The first-order valence-electron chi connectivity index (χ1n) is 11.6. The largest absolute Gasteiger partial charge is 0.490 e. The lowest BCUT2D eigenvalue weighted by atomic mass is 9.89. The van der Waals surface area contributed by atoms with Crippen molar-refractivity contribution < 1.29 is 24.2 Å². The molecule has 10 heteroatoms. The molecule has 194 valence electrons. The number of likely N-dealkylation sites (tertiary alicyclic amines) is 1. The molecule has 3 N–H and O–H groups in total. The van der Waals surface area contributed by atoms with Crippen LogP contribution in [-0.2, 0) is 0 Å². The molecule has 3 heterocycles. The Labute approximate surface area is 220 Å². The molecule has 0 saturated carbocycles. The fourth-order valence-electron chi connectivity index (χ4n) is 4.52. The monoisotopic (exact) mass is 533 g/mol. The van der Waals surface area contributed by atoms with Crippen molar-refractivity contribution in [2.75, 3.05) is 32.5 Å². The maximum Gasteiger partial charge on any atom is 0.283 e. The third kappa shape index (κ3) is 6.41. The number of fused-ring (bicyclic) bond motifs is 1. The van der Waals surface area contributed by atoms with Crippen LogP contribution in [0.1, 0.15) is 30.2 Å². The van der Waals surface area contributed by atoms with Gasteiger partial charge in [-0.25, -0.2) is 0 Å². The third-order valence-corrected chi connectivity index (χ3v) is 7.08. The van der Waals surface area contributed by atoms with E-state index in [1.54, 1.807) is 18.7 Å². The highest BCUT2D eigenvalue weighted by molar-refractivity contribution is 7.98. The molecule has 1 aliphatic heterocycles. The van der Waals surface area contributed by atoms with E-state index in [9.17, 15) is 5.11 Å². The predicted molar refractivity (Wildman–Crippen MR) is 143 cm³/mol. The summed E-state index contributed by atoms with van der Waals surface area (Å²) in [5, 5.41) is 19.3. The van der Waals surface area contributed by atoms with Gasteiger partial charge in [0.1, 0.15) is 24.0 Å². The normalized spacial score (nSPS) is 15.3. The zero-order valence-corrected chi connectivity index (χ0v) is 22.0. The van der Waals surface area contributed by atoms with Gasteiger partial charge in [-0.15, -0.1) is 34.4 Å². The van der Waals surface area contributed by atoms with Gasteiger partial charge in [0.05, 0.1) is 5.39 Å². The van der Waals surface area contributed by atoms with Crippen LogP contribution in [-0.4, -0.2) is 64.3 Å². The quantitative estimate of drug-likeness (QED) is 0.323. The van der Waals surface area contributed by atoms with Gasteiger partial charge in [-0.3, -0.25) is 0 Å². The number of piperidine rings is 1. The Hall–Kier alpha value is -2.56. The number of halogens is 1. The molecule has 1 atom stereocenters. The van der Waals surface area contributed by atoms with Gasteiger partial charge < -0.3 is 29.1 Å². The second-order valence-electron chi connectivity index (χ2n) is 8.72. The zero-order chi connectivity index (χ0) is 23.5. The van der Waals surface area contributed by atoms with Crippen LogP contribution >= 0.6 is 24.2 Å². The smallest absolute Gasteiger partial charge is 0.283 e. The maximum atomic E-state index is 10.6. The van der Waals surface area contributed by atoms with Crippen molar-refractivity contribution in [1.82, 2.24) is 15.1 Å². The molecule has 0 bridgehead atoms. The molecule has 0 aliphatic carbocycles. The number of benzene rings is 2. The minimum atomic E-state index is -0.572. The number of aryl methyl sites for hydroxylation is 1. The number of β-amino-alcohol motifs (C(OH)–C–C–N with tert-alkyl or cyclic N) is 1. The molecular weight excluding hydrogens is 502 g/mol. The molecule has 0 spiro atoms. The number of furan rings is 1. The first kappa shape index (κ1) is 28.0. The molecule has 1 saturated heterocycles. The minimum absolute atomic E-state index is 0. The van der Waals surface area contributed by atoms with Crippen LogP contribution in [0.5, 0.6) is 5.75 Å². The Morgan fingerprint density at radius 1 is 1.11 bits per heavy atom. The first-order chi connectivity index (χ1) is 16.6. The van der Waals surface area contributed by atoms with Gasteiger partial charge >= 0.3 is 0 Å². The van der Waals surface area contributed by atoms with Crippen LogP contribution in [0.15, 0.2) is 62.3 Å². The van der Waals surface area contributed by atoms with Gasteiger partial charge in [-0.05, 0) is 67.9 Å². The molecular formula is C26H32ClN3O5S. The van der Waals surface area contributed by atoms with Crippen molar-refractivity contribution in [2.24, 2.45) is 0 Å². The van der Waals surface area contributed by atoms with Crippen LogP contribution in [0, 0.1) is 6.92 Å². The van der Waals surface area contributed by atoms with E-state index in [4.69, 9.17) is 13.6 Å². The summed E-state index contributed by atoms with van der Waals surface area (Å²) in [6.45, 7) is 4.52. The predicted octanol–water partition coefficient (Wildman–Crippen LogP) is 4.73. The number of hydrogen-bond donors (Lipinski definition) is 1. The number of rotatable bonds is 8. The van der Waals surface area contributed by atoms with E-state index < -0.39 is 6.10 Å². The van der Waals surface area contributed by atoms with Crippen molar-refractivity contribution in [3.05, 3.63) is 60.0 Å². The lowest BCUT2D eigenvalue weighted by Crippen LogP contribution is -2.40. The Kier molecular flexibility index (Phi) is 9.81. The second-order valence-corrected chi connectivity index (χ2v) is 9.60. The summed E-state index contributed by atoms with van der Waals surface area (Å²) in [7, 11) is 0. The Morgan fingerprint density at radius 3 is 2.53 bits per heavy atom. The summed E-state index contributed by atoms with van der Waals surface area (Å²) in [5.41, 5.74) is 2.09. The molecule has 2 aromatic heterocycles. The average Bonchev–Trinajstić information content (AvgIpc) is 3.50. The van der Waals surface area contributed by atoms with Crippen LogP contribution in [0.25, 0.3) is 22.6 Å². The SMILES string of the molecule is CSc1ccc(C2CCN(C[C@H](O)COc3cccc4oc(-c5nnc(C)o5)cc34)CC2)cc1.Cl.O. The lowest BCUT2D eigenvalue weighted by molar-refractivity contribution is 0.0599. The number of aliphatic hydroxyl groups excluding tert-OH is 1. The van der Waals surface area contributed by atoms with E-state index in [0.717, 1.165) is 31.3 Å². The summed E-state index contributed by atoms with van der Waals surface area (Å²) in [4.78, 5) is 3.63. The van der Waals surface area contributed by atoms with Gasteiger partial charge in [0.15, 0.2) is 5.76 Å². The Balaban J connectivity index is 0.00000180. The third-order valence-electron chi connectivity index (χ3n) is 6.33. The Morgan fingerprint density at radius 2 is 1.86 bits per heavy atom. The highest BCUT2D eigenvalue weighted by Gasteiger charge is 2.23. The molecule has 2 aromatic carbocycles. The van der Waals surface area contributed by atoms with E-state index >= 15 is 0 Å². The van der Waals surface area contributed by atoms with Crippen LogP contribution in [0.3, 0.4) is 0 Å². The first-order valence-corrected chi connectivity index (χ1v) is 12.8. The van der Waals surface area contributed by atoms with Crippen molar-refractivity contribution in [3.63, 3.8) is 0 Å². The standard InChI is InChI=1S/C26H29N3O4S.ClH.H2O/c1-17-27-28-26(32-17)25-14-22-23(4-3-5-24(22)33-25)31-16-20(30)15-29-12-10-19(11-13-29)18-6-8-21(34-2)9-7-18;;/h3-9,14,19-20,30H,10-13,15-16H2,1-2H3;1H;1H2/t20-;;/m0../s1. The van der Waals surface area contributed by atoms with Crippen LogP contribution in [0.2, 0.25) is 0 Å². The fraction of sp³-hybridized carbons (Fsp3) is 0.385. The van der Waals surface area contributed by atoms with Crippen molar-refractivity contribution in [1.29, 1.82) is 0 Å². The van der Waals surface area contributed by atoms with E-state index in [0.29, 0.717) is 41.3 Å². The molecule has 5 rings (SSSR count). The highest BCUT2D eigenvalue weighted by atomic mass is 35.5. The van der Waals surface area contributed by atoms with Gasteiger partial charge in [0.25, 0.3) is 5.89 Å². The number of aliphatic hydroxyl groups is 1. The van der Waals surface area contributed by atoms with E-state index in [1.807, 2.05) is 24.3 Å². The summed E-state index contributed by atoms with van der Waals surface area (Å²) in [6, 6.07) is 16.4. The number of nitrogens with zero attached hydrogens (tertiary/aromatic N) is 3. The number of ether oxygens (including phenoxy) is 1. The molecule has 4 aromatic rings. The van der Waals surface area contributed by atoms with E-state index in [-0.39, 0.29) is 24.5 Å². The van der Waals surface area contributed by atoms with Gasteiger partial charge in [0.2, 0.25) is 5.89 Å². The van der Waals surface area contributed by atoms with Gasteiger partial charge in [-0.2, -0.15) is 0 Å². The van der Waals surface area contributed by atoms with E-state index in [1.165, 1.54) is 10.5 Å². The average molecular weight is 534 g/mol. The molecule has 0 radical (unpaired) electrons. The molecule has 0 amide bonds. The topological polar surface area (TPSA) is 116 Å². The molecule has 36 heavy (non-hydrogen) atoms. The lowest BCUT2D eigenvalue weighted by Gasteiger charge is -2.33. The van der Waals surface area contributed by atoms with Crippen molar-refractivity contribution in [2.45, 2.75) is 36.7 Å². The van der Waals surface area contributed by atoms with E-state index in [2.05, 4.69) is 45.6 Å². The minimum Gasteiger partial charge on any atom is -0.490 e. The fourth-order valence-corrected chi connectivity index (χ4v) is 4.93. The zero-order valence-electron chi connectivity index (χ0n) is 20.3. The molecule has 1 aliphatic rings. The second kappa shape index (κ2) is 12.6. The highest BCUT2D eigenvalue weighted by Crippen LogP contribution is 2.33. The number of aromatic nitrogens is 2. The summed E-state index contributed by atoms with van der Waals surface area (Å²) in [6.07, 6.45) is 3.75. The van der Waals surface area contributed by atoms with Gasteiger partial charge in [-0.1, -0.05) is 18.2 Å². The van der Waals surface area contributed by atoms with Crippen molar-refractivity contribution in [3.8, 4) is 17.4 Å². The molecule has 0 unspecified atom stereocenters. The van der Waals surface area contributed by atoms with Crippen LogP contribution in [0.4, 0.5) is 0 Å². The van der Waals surface area contributed by atoms with Crippen molar-refractivity contribution >= 4 is 35.1 Å². The maximum absolute atomic E-state index is 10.6. The summed E-state index contributed by atoms with van der Waals surface area (Å²) >= 11 is 1.77. The number of thioether (sulfide) groups is 1. The molecule has 1 fully saturated rings. The van der Waals surface area contributed by atoms with Gasteiger partial charge in [0, 0.05) is 24.4 Å². The Bertz CT molecular complexity index is 1240.